The zero-order valence-electron chi connectivity index (χ0n) is 16.5. The number of hydrogen-bond donors (Lipinski definition) is 2. The van der Waals surface area contributed by atoms with Crippen LogP contribution in [-0.2, 0) is 16.1 Å². The zero-order chi connectivity index (χ0) is 22.6. The molecule has 0 heterocycles. The molecule has 162 valence electrons. The predicted octanol–water partition coefficient (Wildman–Crippen LogP) is 5.25. The van der Waals surface area contributed by atoms with Crippen LogP contribution in [0.5, 0.6) is 0 Å². The fraction of sp³-hybridized carbons (Fsp3) is 0.217. The van der Waals surface area contributed by atoms with Crippen LogP contribution in [0.15, 0.2) is 66.8 Å². The molecule has 0 saturated carbocycles. The van der Waals surface area contributed by atoms with Crippen LogP contribution in [0, 0.1) is 11.7 Å². The number of carboxylic acids is 1. The third kappa shape index (κ3) is 5.53. The third-order valence-corrected chi connectivity index (χ3v) is 5.75. The summed E-state index contributed by atoms with van der Waals surface area (Å²) in [5, 5.41) is 10.6. The van der Waals surface area contributed by atoms with E-state index < -0.39 is 22.8 Å². The molecule has 0 aliphatic heterocycles. The standard InChI is InChI=1S/C23H20Cl2FNO4/c1-14(15-5-7-16(8-6-15)22(29)30)27-21(28)19-4-2-3-11-23(19,25)31-13-17-9-10-18(26)12-20(17)24/h2-12,14,19H,13H2,1H3,(H,27,28)(H,29,30)/t14-,19?,23?/m0/s1. The second kappa shape index (κ2) is 9.64. The quantitative estimate of drug-likeness (QED) is 0.549. The van der Waals surface area contributed by atoms with E-state index in [0.29, 0.717) is 5.56 Å². The van der Waals surface area contributed by atoms with Gasteiger partial charge in [0.15, 0.2) is 5.06 Å². The Morgan fingerprint density at radius 2 is 1.94 bits per heavy atom. The smallest absolute Gasteiger partial charge is 0.335 e. The Kier molecular flexibility index (Phi) is 7.15. The molecule has 0 saturated heterocycles. The number of carboxylic acid groups (broad SMARTS) is 1. The van der Waals surface area contributed by atoms with E-state index in [4.69, 9.17) is 33.0 Å². The highest BCUT2D eigenvalue weighted by Gasteiger charge is 2.40. The van der Waals surface area contributed by atoms with Gasteiger partial charge in [0.2, 0.25) is 5.91 Å². The van der Waals surface area contributed by atoms with Crippen molar-refractivity contribution < 1.29 is 23.8 Å². The highest BCUT2D eigenvalue weighted by molar-refractivity contribution is 6.31. The van der Waals surface area contributed by atoms with Crippen LogP contribution < -0.4 is 5.32 Å². The molecule has 2 unspecified atom stereocenters. The first kappa shape index (κ1) is 23.0. The molecule has 1 aliphatic rings. The lowest BCUT2D eigenvalue weighted by atomic mass is 9.94. The molecule has 0 spiro atoms. The van der Waals surface area contributed by atoms with Crippen molar-refractivity contribution in [3.05, 3.63) is 94.3 Å². The molecule has 3 rings (SSSR count). The molecule has 0 bridgehead atoms. The van der Waals surface area contributed by atoms with Gasteiger partial charge in [-0.05, 0) is 48.4 Å². The molecule has 0 radical (unpaired) electrons. The molecule has 0 fully saturated rings. The lowest BCUT2D eigenvalue weighted by molar-refractivity contribution is -0.129. The number of benzene rings is 2. The molecule has 3 atom stereocenters. The fourth-order valence-corrected chi connectivity index (χ4v) is 3.65. The van der Waals surface area contributed by atoms with Crippen LogP contribution in [0.3, 0.4) is 0 Å². The van der Waals surface area contributed by atoms with Crippen LogP contribution in [0.1, 0.15) is 34.5 Å². The van der Waals surface area contributed by atoms with Gasteiger partial charge in [0.25, 0.3) is 0 Å². The minimum absolute atomic E-state index is 0.0171. The summed E-state index contributed by atoms with van der Waals surface area (Å²) in [4.78, 5) is 24.0. The SMILES string of the molecule is C[C@H](NC(=O)C1C=CC=CC1(Cl)OCc1ccc(F)cc1Cl)c1ccc(C(=O)O)cc1. The number of carbonyl (C=O) groups excluding carboxylic acids is 1. The molecule has 2 aromatic carbocycles. The molecule has 5 nitrogen and oxygen atoms in total. The molecule has 1 amide bonds. The molecular weight excluding hydrogens is 444 g/mol. The van der Waals surface area contributed by atoms with E-state index in [0.717, 1.165) is 5.56 Å². The van der Waals surface area contributed by atoms with Gasteiger partial charge in [-0.2, -0.15) is 0 Å². The first-order valence-corrected chi connectivity index (χ1v) is 10.2. The summed E-state index contributed by atoms with van der Waals surface area (Å²) in [6.07, 6.45) is 6.58. The summed E-state index contributed by atoms with van der Waals surface area (Å²) >= 11 is 12.7. The van der Waals surface area contributed by atoms with Gasteiger partial charge < -0.3 is 15.2 Å². The largest absolute Gasteiger partial charge is 0.478 e. The first-order chi connectivity index (χ1) is 14.7. The maximum absolute atomic E-state index is 13.3. The highest BCUT2D eigenvalue weighted by atomic mass is 35.5. The number of carbonyl (C=O) groups is 2. The van der Waals surface area contributed by atoms with Crippen molar-refractivity contribution >= 4 is 35.1 Å². The highest BCUT2D eigenvalue weighted by Crippen LogP contribution is 2.35. The van der Waals surface area contributed by atoms with E-state index in [9.17, 15) is 14.0 Å². The normalized spacial score (nSPS) is 21.0. The minimum atomic E-state index is -1.45. The summed E-state index contributed by atoms with van der Waals surface area (Å²) < 4.78 is 19.1. The summed E-state index contributed by atoms with van der Waals surface area (Å²) in [6, 6.07) is 9.80. The van der Waals surface area contributed by atoms with Gasteiger partial charge in [-0.1, -0.05) is 59.6 Å². The fourth-order valence-electron chi connectivity index (χ4n) is 3.13. The van der Waals surface area contributed by atoms with Crippen molar-refractivity contribution in [2.75, 3.05) is 0 Å². The topological polar surface area (TPSA) is 75.6 Å². The number of halogens is 3. The predicted molar refractivity (Wildman–Crippen MR) is 117 cm³/mol. The summed E-state index contributed by atoms with van der Waals surface area (Å²) in [7, 11) is 0. The van der Waals surface area contributed by atoms with Crippen molar-refractivity contribution in [1.82, 2.24) is 5.32 Å². The average Bonchev–Trinajstić information content (AvgIpc) is 2.73. The lowest BCUT2D eigenvalue weighted by Gasteiger charge is -2.33. The minimum Gasteiger partial charge on any atom is -0.478 e. The van der Waals surface area contributed by atoms with Gasteiger partial charge in [0, 0.05) is 5.02 Å². The maximum Gasteiger partial charge on any atom is 0.335 e. The number of aromatic carboxylic acids is 1. The summed E-state index contributed by atoms with van der Waals surface area (Å²) in [5.74, 6) is -2.68. The van der Waals surface area contributed by atoms with E-state index in [1.54, 1.807) is 43.4 Å². The van der Waals surface area contributed by atoms with Crippen LogP contribution in [-0.4, -0.2) is 22.0 Å². The van der Waals surface area contributed by atoms with Crippen LogP contribution in [0.25, 0.3) is 0 Å². The van der Waals surface area contributed by atoms with Crippen LogP contribution in [0.4, 0.5) is 4.39 Å². The molecule has 2 N–H and O–H groups in total. The average molecular weight is 464 g/mol. The number of ether oxygens (including phenoxy) is 1. The Morgan fingerprint density at radius 1 is 1.23 bits per heavy atom. The number of amides is 1. The zero-order valence-corrected chi connectivity index (χ0v) is 18.0. The van der Waals surface area contributed by atoms with Crippen LogP contribution >= 0.6 is 23.2 Å². The summed E-state index contributed by atoms with van der Waals surface area (Å²) in [6.45, 7) is 1.77. The second-order valence-electron chi connectivity index (χ2n) is 7.10. The van der Waals surface area contributed by atoms with Crippen LogP contribution in [0.2, 0.25) is 5.02 Å². The van der Waals surface area contributed by atoms with Crippen molar-refractivity contribution in [2.24, 2.45) is 5.92 Å². The van der Waals surface area contributed by atoms with E-state index in [2.05, 4.69) is 5.32 Å². The van der Waals surface area contributed by atoms with E-state index in [1.807, 2.05) is 0 Å². The Bertz CT molecular complexity index is 1040. The molecule has 2 aromatic rings. The number of rotatable bonds is 7. The molecule has 31 heavy (non-hydrogen) atoms. The molecule has 1 aliphatic carbocycles. The molecular formula is C23H20Cl2FNO4. The lowest BCUT2D eigenvalue weighted by Crippen LogP contribution is -2.44. The Hall–Kier alpha value is -2.67. The maximum atomic E-state index is 13.3. The van der Waals surface area contributed by atoms with E-state index in [1.165, 1.54) is 30.3 Å². The van der Waals surface area contributed by atoms with Gasteiger partial charge in [0.05, 0.1) is 18.2 Å². The molecule has 8 heteroatoms. The van der Waals surface area contributed by atoms with Gasteiger partial charge in [-0.15, -0.1) is 0 Å². The van der Waals surface area contributed by atoms with E-state index in [-0.39, 0.29) is 29.1 Å². The van der Waals surface area contributed by atoms with Gasteiger partial charge in [-0.25, -0.2) is 9.18 Å². The Morgan fingerprint density at radius 3 is 2.58 bits per heavy atom. The van der Waals surface area contributed by atoms with Gasteiger partial charge >= 0.3 is 5.97 Å². The second-order valence-corrected chi connectivity index (χ2v) is 8.10. The number of allylic oxidation sites excluding steroid dienone is 2. The number of hydrogen-bond acceptors (Lipinski definition) is 3. The van der Waals surface area contributed by atoms with Gasteiger partial charge in [0.1, 0.15) is 11.7 Å². The first-order valence-electron chi connectivity index (χ1n) is 9.46. The monoisotopic (exact) mass is 463 g/mol. The summed E-state index contributed by atoms with van der Waals surface area (Å²) in [5.41, 5.74) is 1.44. The van der Waals surface area contributed by atoms with Crippen molar-refractivity contribution in [2.45, 2.75) is 24.6 Å². The number of alkyl halides is 1. The van der Waals surface area contributed by atoms with Crippen molar-refractivity contribution in [1.29, 1.82) is 0 Å². The third-order valence-electron chi connectivity index (χ3n) is 4.93. The number of nitrogens with one attached hydrogen (secondary N) is 1. The van der Waals surface area contributed by atoms with Crippen molar-refractivity contribution in [3.8, 4) is 0 Å². The molecule has 0 aromatic heterocycles. The Labute approximate surface area is 189 Å². The van der Waals surface area contributed by atoms with Gasteiger partial charge in [-0.3, -0.25) is 4.79 Å². The van der Waals surface area contributed by atoms with E-state index >= 15 is 0 Å². The Balaban J connectivity index is 1.70. The van der Waals surface area contributed by atoms with Crippen molar-refractivity contribution in [3.63, 3.8) is 0 Å².